The third-order valence-corrected chi connectivity index (χ3v) is 3.75. The van der Waals surface area contributed by atoms with E-state index in [1.165, 1.54) is 18.5 Å². The molecule has 0 spiro atoms. The third-order valence-electron chi connectivity index (χ3n) is 3.75. The van der Waals surface area contributed by atoms with Gasteiger partial charge in [-0.05, 0) is 31.5 Å². The summed E-state index contributed by atoms with van der Waals surface area (Å²) < 4.78 is 0. The number of rotatable bonds is 8. The normalized spacial score (nSPS) is 14.9. The van der Waals surface area contributed by atoms with E-state index in [0.717, 1.165) is 6.54 Å². The second-order valence-corrected chi connectivity index (χ2v) is 5.63. The molecule has 0 saturated carbocycles. The predicted molar refractivity (Wildman–Crippen MR) is 84.4 cm³/mol. The molecule has 2 unspecified atom stereocenters. The topological polar surface area (TPSA) is 15.3 Å². The van der Waals surface area contributed by atoms with Crippen LogP contribution in [0.2, 0.25) is 0 Å². The van der Waals surface area contributed by atoms with Crippen LogP contribution in [-0.4, -0.2) is 31.1 Å². The highest BCUT2D eigenvalue weighted by Gasteiger charge is 2.25. The molecule has 0 aliphatic rings. The molecule has 0 aliphatic carbocycles. The van der Waals surface area contributed by atoms with Gasteiger partial charge in [-0.3, -0.25) is 4.90 Å². The fraction of sp³-hybridized carbons (Fsp3) is 0.647. The van der Waals surface area contributed by atoms with Crippen LogP contribution < -0.4 is 5.32 Å². The van der Waals surface area contributed by atoms with Crippen molar-refractivity contribution in [2.24, 2.45) is 5.92 Å². The summed E-state index contributed by atoms with van der Waals surface area (Å²) in [6, 6.07) is 11.8. The Labute approximate surface area is 119 Å². The quantitative estimate of drug-likeness (QED) is 0.768. The molecule has 0 aliphatic heterocycles. The molecule has 0 fully saturated rings. The molecule has 0 aromatic heterocycles. The van der Waals surface area contributed by atoms with E-state index in [-0.39, 0.29) is 0 Å². The number of nitrogens with zero attached hydrogens (tertiary/aromatic N) is 1. The summed E-state index contributed by atoms with van der Waals surface area (Å²) >= 11 is 0. The summed E-state index contributed by atoms with van der Waals surface area (Å²) in [4.78, 5) is 2.61. The van der Waals surface area contributed by atoms with E-state index < -0.39 is 0 Å². The predicted octanol–water partition coefficient (Wildman–Crippen LogP) is 3.70. The molecule has 0 saturated heterocycles. The van der Waals surface area contributed by atoms with Crippen LogP contribution in [0.15, 0.2) is 30.3 Å². The summed E-state index contributed by atoms with van der Waals surface area (Å²) in [5.74, 6) is 0.710. The number of benzene rings is 1. The molecular formula is C17H30N2. The van der Waals surface area contributed by atoms with Gasteiger partial charge in [0.15, 0.2) is 0 Å². The van der Waals surface area contributed by atoms with Crippen molar-refractivity contribution in [2.45, 2.75) is 46.2 Å². The zero-order valence-electron chi connectivity index (χ0n) is 13.2. The van der Waals surface area contributed by atoms with Crippen LogP contribution in [0.4, 0.5) is 0 Å². The fourth-order valence-corrected chi connectivity index (χ4v) is 2.91. The summed E-state index contributed by atoms with van der Waals surface area (Å²) in [6.07, 6.45) is 1.17. The summed E-state index contributed by atoms with van der Waals surface area (Å²) in [5.41, 5.74) is 1.39. The third kappa shape index (κ3) is 4.63. The summed E-state index contributed by atoms with van der Waals surface area (Å²) in [6.45, 7) is 11.4. The minimum absolute atomic E-state index is 0.407. The van der Waals surface area contributed by atoms with Crippen LogP contribution in [0.3, 0.4) is 0 Å². The molecule has 0 amide bonds. The number of nitrogens with one attached hydrogen (secondary N) is 1. The molecule has 2 heteroatoms. The Bertz CT molecular complexity index is 334. The molecule has 1 N–H and O–H groups in total. The lowest BCUT2D eigenvalue weighted by molar-refractivity contribution is 0.145. The Morgan fingerprint density at radius 1 is 1.11 bits per heavy atom. The van der Waals surface area contributed by atoms with Gasteiger partial charge in [-0.2, -0.15) is 0 Å². The smallest absolute Gasteiger partial charge is 0.0475 e. The maximum Gasteiger partial charge on any atom is 0.0475 e. The molecule has 0 radical (unpaired) electrons. The molecular weight excluding hydrogens is 232 g/mol. The molecule has 0 heterocycles. The van der Waals surface area contributed by atoms with Gasteiger partial charge < -0.3 is 5.32 Å². The maximum atomic E-state index is 3.52. The second-order valence-electron chi connectivity index (χ2n) is 5.63. The minimum atomic E-state index is 0.407. The molecule has 0 bridgehead atoms. The van der Waals surface area contributed by atoms with Crippen molar-refractivity contribution in [1.29, 1.82) is 0 Å². The zero-order valence-corrected chi connectivity index (χ0v) is 13.2. The Morgan fingerprint density at radius 3 is 2.16 bits per heavy atom. The Hall–Kier alpha value is -0.860. The van der Waals surface area contributed by atoms with Gasteiger partial charge in [0, 0.05) is 18.6 Å². The van der Waals surface area contributed by atoms with E-state index in [2.05, 4.69) is 75.3 Å². The highest BCUT2D eigenvalue weighted by molar-refractivity contribution is 5.20. The first-order valence-electron chi connectivity index (χ1n) is 7.60. The van der Waals surface area contributed by atoms with Crippen molar-refractivity contribution in [2.75, 3.05) is 20.1 Å². The highest BCUT2D eigenvalue weighted by atomic mass is 15.2. The van der Waals surface area contributed by atoms with Crippen molar-refractivity contribution >= 4 is 0 Å². The molecule has 2 atom stereocenters. The first kappa shape index (κ1) is 16.2. The van der Waals surface area contributed by atoms with E-state index in [9.17, 15) is 0 Å². The van der Waals surface area contributed by atoms with Gasteiger partial charge in [-0.25, -0.2) is 0 Å². The first-order chi connectivity index (χ1) is 9.13. The van der Waals surface area contributed by atoms with Gasteiger partial charge >= 0.3 is 0 Å². The average molecular weight is 262 g/mol. The van der Waals surface area contributed by atoms with Gasteiger partial charge in [0.05, 0.1) is 0 Å². The van der Waals surface area contributed by atoms with Crippen LogP contribution in [0.1, 0.15) is 45.7 Å². The first-order valence-corrected chi connectivity index (χ1v) is 7.60. The largest absolute Gasteiger partial charge is 0.312 e. The molecule has 19 heavy (non-hydrogen) atoms. The van der Waals surface area contributed by atoms with Crippen molar-refractivity contribution in [1.82, 2.24) is 10.2 Å². The van der Waals surface area contributed by atoms with Gasteiger partial charge in [0.25, 0.3) is 0 Å². The fourth-order valence-electron chi connectivity index (χ4n) is 2.91. The van der Waals surface area contributed by atoms with E-state index in [1.54, 1.807) is 0 Å². The number of likely N-dealkylation sites (N-methyl/N-ethyl adjacent to an activating group) is 2. The van der Waals surface area contributed by atoms with Crippen LogP contribution in [-0.2, 0) is 0 Å². The maximum absolute atomic E-state index is 3.52. The van der Waals surface area contributed by atoms with Crippen molar-refractivity contribution in [3.63, 3.8) is 0 Å². The zero-order chi connectivity index (χ0) is 14.3. The SMILES string of the molecule is CCC(C(NC)c1ccccc1)N(CC)CC(C)C. The summed E-state index contributed by atoms with van der Waals surface area (Å²) in [5, 5.41) is 3.52. The Kier molecular flexibility index (Phi) is 7.11. The second kappa shape index (κ2) is 8.34. The lowest BCUT2D eigenvalue weighted by Crippen LogP contribution is -2.45. The molecule has 2 nitrogen and oxygen atoms in total. The molecule has 108 valence electrons. The van der Waals surface area contributed by atoms with Crippen LogP contribution in [0.25, 0.3) is 0 Å². The molecule has 1 rings (SSSR count). The van der Waals surface area contributed by atoms with Crippen LogP contribution in [0, 0.1) is 5.92 Å². The van der Waals surface area contributed by atoms with Crippen molar-refractivity contribution in [3.05, 3.63) is 35.9 Å². The van der Waals surface area contributed by atoms with Crippen molar-refractivity contribution < 1.29 is 0 Å². The van der Waals surface area contributed by atoms with Crippen LogP contribution in [0.5, 0.6) is 0 Å². The lowest BCUT2D eigenvalue weighted by Gasteiger charge is -2.37. The highest BCUT2D eigenvalue weighted by Crippen LogP contribution is 2.23. The van der Waals surface area contributed by atoms with E-state index >= 15 is 0 Å². The molecule has 1 aromatic carbocycles. The summed E-state index contributed by atoms with van der Waals surface area (Å²) in [7, 11) is 2.07. The van der Waals surface area contributed by atoms with Gasteiger partial charge in [-0.1, -0.05) is 58.0 Å². The van der Waals surface area contributed by atoms with Gasteiger partial charge in [0.1, 0.15) is 0 Å². The van der Waals surface area contributed by atoms with Crippen molar-refractivity contribution in [3.8, 4) is 0 Å². The van der Waals surface area contributed by atoms with E-state index in [4.69, 9.17) is 0 Å². The molecule has 1 aromatic rings. The lowest BCUT2D eigenvalue weighted by atomic mass is 9.95. The Morgan fingerprint density at radius 2 is 1.74 bits per heavy atom. The monoisotopic (exact) mass is 262 g/mol. The number of hydrogen-bond donors (Lipinski definition) is 1. The van der Waals surface area contributed by atoms with E-state index in [0.29, 0.717) is 18.0 Å². The van der Waals surface area contributed by atoms with Crippen LogP contribution >= 0.6 is 0 Å². The average Bonchev–Trinajstić information content (AvgIpc) is 2.43. The van der Waals surface area contributed by atoms with Gasteiger partial charge in [-0.15, -0.1) is 0 Å². The minimum Gasteiger partial charge on any atom is -0.312 e. The Balaban J connectivity index is 2.91. The van der Waals surface area contributed by atoms with E-state index in [1.807, 2.05) is 0 Å². The number of hydrogen-bond acceptors (Lipinski definition) is 2. The van der Waals surface area contributed by atoms with Gasteiger partial charge in [0.2, 0.25) is 0 Å². The standard InChI is InChI=1S/C17H30N2/c1-6-16(19(7-2)13-14(3)4)17(18-5)15-11-9-8-10-12-15/h8-12,14,16-18H,6-7,13H2,1-5H3.